The van der Waals surface area contributed by atoms with E-state index in [2.05, 4.69) is 53.7 Å². The summed E-state index contributed by atoms with van der Waals surface area (Å²) in [7, 11) is 0. The minimum atomic E-state index is -1.49. The minimum absolute atomic E-state index is 0.0349. The number of fused-ring (bicyclic) bond motifs is 5. The van der Waals surface area contributed by atoms with Crippen LogP contribution in [0.25, 0.3) is 0 Å². The Balaban J connectivity index is 1.46. The molecule has 0 saturated heterocycles. The van der Waals surface area contributed by atoms with Gasteiger partial charge in [-0.15, -0.1) is 0 Å². The number of carbonyl (C=O) groups is 1. The Bertz CT molecular complexity index is 1000. The van der Waals surface area contributed by atoms with Crippen LogP contribution in [0.4, 0.5) is 0 Å². The first kappa shape index (κ1) is 24.3. The standard InChI is InChI=1S/C30H44O4/c1-18-16-30(33,34-25(18)32)17-19(2)27(5)14-15-29(7)21-8-10-22-26(3,4)24(31)12-13-28(22,6)20(21)9-11-23(27)29/h8,11,16,19-20,22,24,31,33H,9-10,12-15,17H2,1-7H3/t19-,20-,22+,24-,27+,28-,29+,30?/m1/s1. The number of aliphatic hydroxyl groups excluding tert-OH is 1. The zero-order chi connectivity index (χ0) is 24.9. The average molecular weight is 469 g/mol. The molecule has 0 spiro atoms. The van der Waals surface area contributed by atoms with E-state index in [1.165, 1.54) is 5.57 Å². The van der Waals surface area contributed by atoms with Gasteiger partial charge in [0, 0.05) is 17.4 Å². The third kappa shape index (κ3) is 3.13. The second-order valence-corrected chi connectivity index (χ2v) is 13.7. The zero-order valence-electron chi connectivity index (χ0n) is 22.2. The molecule has 0 bridgehead atoms. The number of esters is 1. The number of hydrogen-bond acceptors (Lipinski definition) is 4. The monoisotopic (exact) mass is 468 g/mol. The average Bonchev–Trinajstić information content (AvgIpc) is 3.17. The van der Waals surface area contributed by atoms with Crippen molar-refractivity contribution in [1.29, 1.82) is 0 Å². The van der Waals surface area contributed by atoms with Crippen LogP contribution >= 0.6 is 0 Å². The van der Waals surface area contributed by atoms with E-state index in [9.17, 15) is 15.0 Å². The maximum absolute atomic E-state index is 11.9. The van der Waals surface area contributed by atoms with Crippen LogP contribution in [0.3, 0.4) is 0 Å². The molecule has 5 rings (SSSR count). The Labute approximate surface area is 205 Å². The van der Waals surface area contributed by atoms with Gasteiger partial charge in [0.15, 0.2) is 0 Å². The van der Waals surface area contributed by atoms with Gasteiger partial charge in [-0.05, 0) is 85.5 Å². The van der Waals surface area contributed by atoms with Gasteiger partial charge in [-0.1, -0.05) is 64.8 Å². The fourth-order valence-electron chi connectivity index (χ4n) is 9.16. The van der Waals surface area contributed by atoms with Gasteiger partial charge < -0.3 is 14.9 Å². The Morgan fingerprint density at radius 2 is 1.79 bits per heavy atom. The van der Waals surface area contributed by atoms with E-state index in [0.29, 0.717) is 23.8 Å². The maximum Gasteiger partial charge on any atom is 0.336 e. The highest BCUT2D eigenvalue weighted by Crippen LogP contribution is 2.70. The molecule has 34 heavy (non-hydrogen) atoms. The lowest BCUT2D eigenvalue weighted by Crippen LogP contribution is -2.55. The fourth-order valence-corrected chi connectivity index (χ4v) is 9.16. The van der Waals surface area contributed by atoms with E-state index in [4.69, 9.17) is 4.74 Å². The number of rotatable bonds is 3. The highest BCUT2D eigenvalue weighted by molar-refractivity contribution is 5.90. The predicted molar refractivity (Wildman–Crippen MR) is 134 cm³/mol. The van der Waals surface area contributed by atoms with Gasteiger partial charge in [0.05, 0.1) is 6.10 Å². The molecule has 1 aliphatic heterocycles. The lowest BCUT2D eigenvalue weighted by molar-refractivity contribution is -0.185. The van der Waals surface area contributed by atoms with Crippen molar-refractivity contribution in [2.24, 2.45) is 39.4 Å². The number of aliphatic hydroxyl groups is 2. The third-order valence-corrected chi connectivity index (χ3v) is 11.5. The second kappa shape index (κ2) is 7.32. The molecule has 188 valence electrons. The summed E-state index contributed by atoms with van der Waals surface area (Å²) in [5.41, 5.74) is 3.84. The van der Waals surface area contributed by atoms with Crippen molar-refractivity contribution in [2.45, 2.75) is 105 Å². The number of cyclic esters (lactones) is 1. The van der Waals surface area contributed by atoms with Gasteiger partial charge in [-0.3, -0.25) is 0 Å². The molecular weight excluding hydrogens is 424 g/mol. The summed E-state index contributed by atoms with van der Waals surface area (Å²) >= 11 is 0. The molecule has 0 aromatic rings. The molecule has 5 aliphatic rings. The molecule has 4 heteroatoms. The van der Waals surface area contributed by atoms with E-state index in [0.717, 1.165) is 38.5 Å². The van der Waals surface area contributed by atoms with Crippen LogP contribution in [0.15, 0.2) is 34.9 Å². The summed E-state index contributed by atoms with van der Waals surface area (Å²) in [6, 6.07) is 0. The number of ether oxygens (including phenoxy) is 1. The van der Waals surface area contributed by atoms with Crippen molar-refractivity contribution in [2.75, 3.05) is 0 Å². The van der Waals surface area contributed by atoms with Crippen molar-refractivity contribution in [3.8, 4) is 0 Å². The Hall–Kier alpha value is -1.39. The predicted octanol–water partition coefficient (Wildman–Crippen LogP) is 6.09. The lowest BCUT2D eigenvalue weighted by Gasteiger charge is -2.61. The Kier molecular flexibility index (Phi) is 5.23. The first-order chi connectivity index (χ1) is 15.7. The van der Waals surface area contributed by atoms with Gasteiger partial charge in [0.1, 0.15) is 0 Å². The van der Waals surface area contributed by atoms with Crippen molar-refractivity contribution >= 4 is 5.97 Å². The van der Waals surface area contributed by atoms with Crippen molar-refractivity contribution in [3.05, 3.63) is 34.9 Å². The molecule has 1 heterocycles. The summed E-state index contributed by atoms with van der Waals surface area (Å²) in [5.74, 6) is -0.682. The third-order valence-electron chi connectivity index (χ3n) is 11.5. The molecule has 0 aromatic carbocycles. The van der Waals surface area contributed by atoms with Gasteiger partial charge in [-0.25, -0.2) is 4.79 Å². The highest BCUT2D eigenvalue weighted by Gasteiger charge is 2.61. The SMILES string of the molecule is CC1=CC(O)(C[C@@H](C)[C@]2(C)CC[C@@]3(C)C4=CC[C@H]5C(C)(C)[C@H](O)CC[C@]5(C)[C@@H]4CC=C32)OC1=O. The summed E-state index contributed by atoms with van der Waals surface area (Å²) in [6.45, 7) is 15.8. The molecular formula is C30H44O4. The van der Waals surface area contributed by atoms with Gasteiger partial charge >= 0.3 is 5.97 Å². The van der Waals surface area contributed by atoms with Crippen molar-refractivity contribution in [1.82, 2.24) is 0 Å². The molecule has 1 unspecified atom stereocenters. The van der Waals surface area contributed by atoms with Crippen LogP contribution in [0, 0.1) is 39.4 Å². The van der Waals surface area contributed by atoms with E-state index in [1.807, 2.05) is 0 Å². The molecule has 2 saturated carbocycles. The summed E-state index contributed by atoms with van der Waals surface area (Å²) in [6.07, 6.45) is 13.2. The molecule has 0 aromatic heterocycles. The number of allylic oxidation sites excluding steroid dienone is 4. The number of carbonyl (C=O) groups excluding carboxylic acids is 1. The quantitative estimate of drug-likeness (QED) is 0.388. The minimum Gasteiger partial charge on any atom is -0.426 e. The number of hydrogen-bond donors (Lipinski definition) is 2. The van der Waals surface area contributed by atoms with Crippen LogP contribution < -0.4 is 0 Å². The van der Waals surface area contributed by atoms with Crippen LogP contribution in [-0.4, -0.2) is 28.1 Å². The van der Waals surface area contributed by atoms with E-state index >= 15 is 0 Å². The molecule has 4 nitrogen and oxygen atoms in total. The normalized spacial score (nSPS) is 48.1. The molecule has 0 radical (unpaired) electrons. The van der Waals surface area contributed by atoms with E-state index < -0.39 is 11.8 Å². The summed E-state index contributed by atoms with van der Waals surface area (Å²) < 4.78 is 5.36. The molecule has 0 amide bonds. The highest BCUT2D eigenvalue weighted by atomic mass is 16.7. The molecule has 8 atom stereocenters. The Morgan fingerprint density at radius 3 is 2.44 bits per heavy atom. The van der Waals surface area contributed by atoms with Crippen LogP contribution in [-0.2, 0) is 9.53 Å². The van der Waals surface area contributed by atoms with Crippen molar-refractivity contribution in [3.63, 3.8) is 0 Å². The van der Waals surface area contributed by atoms with Crippen LogP contribution in [0.2, 0.25) is 0 Å². The van der Waals surface area contributed by atoms with Gasteiger partial charge in [0.25, 0.3) is 0 Å². The molecule has 4 aliphatic carbocycles. The second-order valence-electron chi connectivity index (χ2n) is 13.7. The largest absolute Gasteiger partial charge is 0.426 e. The Morgan fingerprint density at radius 1 is 1.09 bits per heavy atom. The first-order valence-electron chi connectivity index (χ1n) is 13.4. The fraction of sp³-hybridized carbons (Fsp3) is 0.767. The van der Waals surface area contributed by atoms with Crippen LogP contribution in [0.5, 0.6) is 0 Å². The maximum atomic E-state index is 11.9. The van der Waals surface area contributed by atoms with E-state index in [1.54, 1.807) is 18.6 Å². The van der Waals surface area contributed by atoms with E-state index in [-0.39, 0.29) is 33.7 Å². The summed E-state index contributed by atoms with van der Waals surface area (Å²) in [5, 5.41) is 21.8. The molecule has 2 N–H and O–H groups in total. The first-order valence-corrected chi connectivity index (χ1v) is 13.4. The zero-order valence-corrected chi connectivity index (χ0v) is 22.2. The molecule has 2 fully saturated rings. The lowest BCUT2D eigenvalue weighted by atomic mass is 9.44. The topological polar surface area (TPSA) is 66.8 Å². The summed E-state index contributed by atoms with van der Waals surface area (Å²) in [4.78, 5) is 11.9. The smallest absolute Gasteiger partial charge is 0.336 e. The van der Waals surface area contributed by atoms with Crippen molar-refractivity contribution < 1.29 is 19.7 Å². The van der Waals surface area contributed by atoms with Gasteiger partial charge in [0.2, 0.25) is 5.79 Å². The van der Waals surface area contributed by atoms with Gasteiger partial charge in [-0.2, -0.15) is 0 Å². The van der Waals surface area contributed by atoms with Crippen LogP contribution in [0.1, 0.15) is 93.4 Å².